The first-order valence-electron chi connectivity index (χ1n) is 17.8. The molecule has 0 aliphatic heterocycles. The Morgan fingerprint density at radius 2 is 1.73 bits per heavy atom. The van der Waals surface area contributed by atoms with E-state index < -0.39 is 35.9 Å². The summed E-state index contributed by atoms with van der Waals surface area (Å²) in [6.07, 6.45) is -0.579. The number of anilines is 2. The van der Waals surface area contributed by atoms with E-state index in [0.29, 0.717) is 50.2 Å². The van der Waals surface area contributed by atoms with Crippen molar-refractivity contribution in [2.45, 2.75) is 62.6 Å². The van der Waals surface area contributed by atoms with E-state index in [0.717, 1.165) is 37.8 Å². The van der Waals surface area contributed by atoms with Gasteiger partial charge in [0.1, 0.15) is 23.9 Å². The van der Waals surface area contributed by atoms with Gasteiger partial charge in [-0.05, 0) is 75.0 Å². The summed E-state index contributed by atoms with van der Waals surface area (Å²) in [5.41, 5.74) is 9.12. The number of aromatic nitrogens is 2. The number of nitrogens with two attached hydrogens (primary N) is 2. The minimum absolute atomic E-state index is 0.00731. The van der Waals surface area contributed by atoms with Crippen molar-refractivity contribution in [2.24, 2.45) is 29.6 Å². The van der Waals surface area contributed by atoms with Gasteiger partial charge in [-0.25, -0.2) is 9.18 Å². The number of carbonyl (C=O) groups excluding carboxylic acids is 2. The summed E-state index contributed by atoms with van der Waals surface area (Å²) in [5.74, 6) is -0.542. The maximum absolute atomic E-state index is 13.7. The van der Waals surface area contributed by atoms with Crippen molar-refractivity contribution >= 4 is 41.8 Å². The van der Waals surface area contributed by atoms with Crippen LogP contribution in [0.3, 0.4) is 0 Å². The number of aldehydes is 1. The zero-order valence-corrected chi connectivity index (χ0v) is 32.0. The number of methoxy groups -OCH3 is 1. The maximum Gasteiger partial charge on any atom is 0.510 e. The van der Waals surface area contributed by atoms with Crippen molar-refractivity contribution in [3.05, 3.63) is 51.6 Å². The molecule has 19 heteroatoms. The standard InChI is InChI=1S/C29H44F3N5O8.C7H7ClFN/c1-37-26(34)22(17-38)24(36-37)19-12-20-14-28(40,15-21(20)13-19)23(25(33)29(30,31)32)16-35-18-45-27(39)44-11-10-43-9-8-42-7-5-3-4-6-41-2;1-10-5-2-3-7(9)6(8)4-5/h16-17,19-21,40H,3-15,18,33-34H2,1-2H3;2-4,10H,1H3/b25-23+,35-16+;. The van der Waals surface area contributed by atoms with Gasteiger partial charge in [0.25, 0.3) is 0 Å². The number of aliphatic imine (C=N–C) groups is 1. The third-order valence-electron chi connectivity index (χ3n) is 9.44. The van der Waals surface area contributed by atoms with Crippen LogP contribution in [0.1, 0.15) is 66.9 Å². The molecule has 1 aromatic carbocycles. The zero-order chi connectivity index (χ0) is 40.6. The molecule has 4 rings (SSSR count). The third kappa shape index (κ3) is 13.6. The highest BCUT2D eigenvalue weighted by Gasteiger charge is 2.53. The number of nitrogens with zero attached hydrogens (tertiary/aromatic N) is 3. The van der Waals surface area contributed by atoms with E-state index in [2.05, 4.69) is 15.4 Å². The molecule has 2 saturated carbocycles. The number of hydrogen-bond acceptors (Lipinski definition) is 13. The number of rotatable bonds is 19. The summed E-state index contributed by atoms with van der Waals surface area (Å²) in [5, 5.41) is 18.8. The number of unbranched alkanes of at least 4 members (excludes halogenated alkanes) is 2. The fraction of sp³-hybridized carbons (Fsp3) is 0.611. The van der Waals surface area contributed by atoms with Gasteiger partial charge in [0.05, 0.1) is 41.7 Å². The molecule has 55 heavy (non-hydrogen) atoms. The molecule has 1 heterocycles. The van der Waals surface area contributed by atoms with E-state index >= 15 is 0 Å². The first kappa shape index (κ1) is 45.4. The Hall–Kier alpha value is -3.97. The molecule has 6 N–H and O–H groups in total. The normalized spacial score (nSPS) is 21.1. The van der Waals surface area contributed by atoms with Crippen LogP contribution in [0.4, 0.5) is 33.9 Å². The quantitative estimate of drug-likeness (QED) is 0.0441. The Bertz CT molecular complexity index is 1590. The molecule has 0 saturated heterocycles. The number of allylic oxidation sites excluding steroid dienone is 1. The number of alkyl halides is 3. The van der Waals surface area contributed by atoms with E-state index in [4.69, 9.17) is 46.8 Å². The minimum atomic E-state index is -4.92. The van der Waals surface area contributed by atoms with Gasteiger partial charge in [-0.2, -0.15) is 18.3 Å². The molecule has 2 fully saturated rings. The second-order valence-corrected chi connectivity index (χ2v) is 13.6. The summed E-state index contributed by atoms with van der Waals surface area (Å²) in [6.45, 7) is 1.41. The summed E-state index contributed by atoms with van der Waals surface area (Å²) in [4.78, 5) is 27.2. The number of benzene rings is 1. The van der Waals surface area contributed by atoms with Crippen molar-refractivity contribution in [3.63, 3.8) is 0 Å². The molecule has 2 atom stereocenters. The number of aryl methyl sites for hydroxylation is 1. The Kier molecular flexibility index (Phi) is 18.1. The van der Waals surface area contributed by atoms with Crippen LogP contribution in [-0.2, 0) is 30.7 Å². The van der Waals surface area contributed by atoms with Crippen LogP contribution in [0.25, 0.3) is 0 Å². The largest absolute Gasteiger partial charge is 0.510 e. The summed E-state index contributed by atoms with van der Waals surface area (Å²) in [7, 11) is 5.04. The summed E-state index contributed by atoms with van der Waals surface area (Å²) in [6, 6.07) is 4.49. The molecule has 2 aliphatic rings. The molecule has 2 unspecified atom stereocenters. The SMILES string of the molecule is CNc1ccc(F)c(Cl)c1.COCCCCCOCCOCCOC(=O)OC/N=C/C(=C(\N)C(F)(F)F)C1(O)CC2CC(c3nn(C)c(N)c3C=O)CC2C1. The van der Waals surface area contributed by atoms with Crippen molar-refractivity contribution in [1.82, 2.24) is 9.78 Å². The average Bonchev–Trinajstić information content (AvgIpc) is 3.77. The van der Waals surface area contributed by atoms with Gasteiger partial charge >= 0.3 is 12.3 Å². The number of ether oxygens (including phenoxy) is 5. The topological polar surface area (TPSA) is 195 Å². The summed E-state index contributed by atoms with van der Waals surface area (Å²) >= 11 is 5.48. The molecule has 0 bridgehead atoms. The van der Waals surface area contributed by atoms with Crippen LogP contribution in [0.2, 0.25) is 5.02 Å². The number of fused-ring (bicyclic) bond motifs is 1. The van der Waals surface area contributed by atoms with Crippen LogP contribution in [0.5, 0.6) is 0 Å². The highest BCUT2D eigenvalue weighted by atomic mass is 35.5. The van der Waals surface area contributed by atoms with Crippen molar-refractivity contribution in [1.29, 1.82) is 0 Å². The monoisotopic (exact) mass is 806 g/mol. The molecule has 2 aliphatic carbocycles. The van der Waals surface area contributed by atoms with Gasteiger partial charge in [-0.1, -0.05) is 11.6 Å². The first-order valence-corrected chi connectivity index (χ1v) is 18.2. The smallest absolute Gasteiger partial charge is 0.432 e. The van der Waals surface area contributed by atoms with E-state index in [1.54, 1.807) is 27.3 Å². The molecular formula is C36H51ClF4N6O8. The van der Waals surface area contributed by atoms with Gasteiger partial charge in [0.2, 0.25) is 0 Å². The van der Waals surface area contributed by atoms with Crippen LogP contribution in [0.15, 0.2) is 34.5 Å². The Morgan fingerprint density at radius 3 is 2.33 bits per heavy atom. The molecule has 0 radical (unpaired) electrons. The number of hydrogen-bond donors (Lipinski definition) is 4. The first-order chi connectivity index (χ1) is 26.1. The van der Waals surface area contributed by atoms with Crippen molar-refractivity contribution < 1.29 is 55.9 Å². The lowest BCUT2D eigenvalue weighted by molar-refractivity contribution is -0.0953. The number of nitrogens with one attached hydrogen (secondary N) is 1. The molecule has 2 aromatic rings. The van der Waals surface area contributed by atoms with E-state index in [1.165, 1.54) is 16.8 Å². The van der Waals surface area contributed by atoms with Gasteiger partial charge in [-0.3, -0.25) is 14.5 Å². The lowest BCUT2D eigenvalue weighted by Gasteiger charge is -2.28. The lowest BCUT2D eigenvalue weighted by atomic mass is 9.86. The molecule has 0 amide bonds. The van der Waals surface area contributed by atoms with E-state index in [9.17, 15) is 32.3 Å². The number of carbonyl (C=O) groups is 2. The lowest BCUT2D eigenvalue weighted by Crippen LogP contribution is -2.36. The Labute approximate surface area is 322 Å². The highest BCUT2D eigenvalue weighted by molar-refractivity contribution is 6.31. The van der Waals surface area contributed by atoms with E-state index in [1.807, 2.05) is 0 Å². The number of nitrogen functional groups attached to an aromatic ring is 1. The molecule has 14 nitrogen and oxygen atoms in total. The van der Waals surface area contributed by atoms with Gasteiger partial charge in [0, 0.05) is 57.8 Å². The fourth-order valence-electron chi connectivity index (χ4n) is 6.74. The molecular weight excluding hydrogens is 756 g/mol. The van der Waals surface area contributed by atoms with Crippen LogP contribution >= 0.6 is 11.6 Å². The summed E-state index contributed by atoms with van der Waals surface area (Å²) < 4.78 is 80.3. The second kappa shape index (κ2) is 21.9. The maximum atomic E-state index is 13.7. The zero-order valence-electron chi connectivity index (χ0n) is 31.2. The predicted octanol–water partition coefficient (Wildman–Crippen LogP) is 5.78. The molecule has 1 aromatic heterocycles. The minimum Gasteiger partial charge on any atom is -0.432 e. The fourth-order valence-corrected chi connectivity index (χ4v) is 6.92. The number of halogens is 5. The van der Waals surface area contributed by atoms with Crippen molar-refractivity contribution in [2.75, 3.05) is 71.6 Å². The molecule has 0 spiro atoms. The molecule has 308 valence electrons. The van der Waals surface area contributed by atoms with Crippen molar-refractivity contribution in [3.8, 4) is 0 Å². The number of aliphatic hydroxyl groups is 1. The Morgan fingerprint density at radius 1 is 1.09 bits per heavy atom. The van der Waals surface area contributed by atoms with Crippen LogP contribution in [0, 0.1) is 17.7 Å². The predicted molar refractivity (Wildman–Crippen MR) is 198 cm³/mol. The Balaban J connectivity index is 0.000000701. The van der Waals surface area contributed by atoms with Gasteiger partial charge in [0.15, 0.2) is 13.0 Å². The highest BCUT2D eigenvalue weighted by Crippen LogP contribution is 2.56. The third-order valence-corrected chi connectivity index (χ3v) is 9.73. The van der Waals surface area contributed by atoms with Gasteiger partial charge < -0.3 is 45.6 Å². The second-order valence-electron chi connectivity index (χ2n) is 13.2. The van der Waals surface area contributed by atoms with E-state index in [-0.39, 0.29) is 60.5 Å². The van der Waals surface area contributed by atoms with Crippen LogP contribution in [-0.4, -0.2) is 106 Å². The van der Waals surface area contributed by atoms with Crippen LogP contribution < -0.4 is 16.8 Å². The van der Waals surface area contributed by atoms with Gasteiger partial charge in [-0.15, -0.1) is 0 Å². The average molecular weight is 807 g/mol.